The van der Waals surface area contributed by atoms with E-state index in [0.717, 1.165) is 37.3 Å². The van der Waals surface area contributed by atoms with Gasteiger partial charge in [0, 0.05) is 17.7 Å². The van der Waals surface area contributed by atoms with Gasteiger partial charge >= 0.3 is 5.91 Å². The number of amidine groups is 1. The number of nitrogens with zero attached hydrogens (tertiary/aromatic N) is 5. The highest BCUT2D eigenvalue weighted by Crippen LogP contribution is 2.32. The van der Waals surface area contributed by atoms with Crippen molar-refractivity contribution in [2.45, 2.75) is 25.9 Å². The molecule has 1 amide bonds. The van der Waals surface area contributed by atoms with E-state index in [9.17, 15) is 4.79 Å². The lowest BCUT2D eigenvalue weighted by Crippen LogP contribution is -2.54. The van der Waals surface area contributed by atoms with E-state index in [1.54, 1.807) is 6.08 Å². The van der Waals surface area contributed by atoms with Crippen LogP contribution in [0.2, 0.25) is 0 Å². The quantitative estimate of drug-likeness (QED) is 0.442. The molecule has 0 radical (unpaired) electrons. The number of hydrogen-bond donors (Lipinski definition) is 2. The SMILES string of the molecule is C=CC(=O)[N+]1(C)CCCC(C=C2N=NC3=NC(N/C(C=C)=C/C)=NC(N)C23)C1. The van der Waals surface area contributed by atoms with Crippen LogP contribution in [0.1, 0.15) is 19.8 Å². The molecule has 0 aromatic rings. The van der Waals surface area contributed by atoms with Crippen LogP contribution in [0.25, 0.3) is 0 Å². The van der Waals surface area contributed by atoms with Crippen LogP contribution in [0, 0.1) is 11.8 Å². The number of piperidine rings is 1. The minimum Gasteiger partial charge on any atom is -0.325 e. The van der Waals surface area contributed by atoms with Gasteiger partial charge < -0.3 is 11.1 Å². The maximum Gasteiger partial charge on any atom is 0.337 e. The molecule has 148 valence electrons. The number of fused-ring (bicyclic) bond motifs is 1. The summed E-state index contributed by atoms with van der Waals surface area (Å²) >= 11 is 0. The maximum absolute atomic E-state index is 12.2. The number of carbonyl (C=O) groups is 1. The molecule has 28 heavy (non-hydrogen) atoms. The Morgan fingerprint density at radius 1 is 1.32 bits per heavy atom. The fraction of sp³-hybridized carbons (Fsp3) is 0.450. The van der Waals surface area contributed by atoms with Gasteiger partial charge in [0.15, 0.2) is 5.84 Å². The van der Waals surface area contributed by atoms with Crippen LogP contribution in [-0.4, -0.2) is 48.5 Å². The summed E-state index contributed by atoms with van der Waals surface area (Å²) in [5, 5.41) is 11.6. The van der Waals surface area contributed by atoms with Crippen molar-refractivity contribution in [3.8, 4) is 0 Å². The minimum absolute atomic E-state index is 0.0510. The van der Waals surface area contributed by atoms with Gasteiger partial charge in [0.25, 0.3) is 0 Å². The number of nitrogens with two attached hydrogens (primary N) is 1. The van der Waals surface area contributed by atoms with Gasteiger partial charge in [0.1, 0.15) is 12.1 Å². The van der Waals surface area contributed by atoms with Gasteiger partial charge in [-0.15, -0.1) is 5.11 Å². The molecule has 3 rings (SSSR count). The molecule has 1 saturated heterocycles. The largest absolute Gasteiger partial charge is 0.337 e. The molecule has 3 aliphatic rings. The van der Waals surface area contributed by atoms with Crippen LogP contribution in [0.15, 0.2) is 69.1 Å². The van der Waals surface area contributed by atoms with E-state index in [0.29, 0.717) is 16.3 Å². The third-order valence-electron chi connectivity index (χ3n) is 5.46. The summed E-state index contributed by atoms with van der Waals surface area (Å²) in [4.78, 5) is 21.1. The van der Waals surface area contributed by atoms with Crippen molar-refractivity contribution >= 4 is 17.7 Å². The van der Waals surface area contributed by atoms with Crippen molar-refractivity contribution in [2.75, 3.05) is 20.1 Å². The monoisotopic (exact) mass is 382 g/mol. The van der Waals surface area contributed by atoms with E-state index in [2.05, 4.69) is 44.8 Å². The summed E-state index contributed by atoms with van der Waals surface area (Å²) in [6, 6.07) is 0. The van der Waals surface area contributed by atoms with Gasteiger partial charge in [-0.05, 0) is 25.8 Å². The molecule has 0 bridgehead atoms. The standard InChI is InChI=1S/C20H28N7O/c1-5-14(6-2)22-20-23-18(21)17-15(25-26-19(17)24-20)11-13-9-8-10-27(4,12-13)16(28)7-3/h5-7,11,13,17-18H,1,3,8-10,12,21H2,2,4H3,(H,22,23)/q+1/b14-6+,15-11?. The van der Waals surface area contributed by atoms with Gasteiger partial charge in [-0.2, -0.15) is 10.1 Å². The number of allylic oxidation sites excluding steroid dienone is 2. The topological polar surface area (TPSA) is 105 Å². The Balaban J connectivity index is 1.77. The van der Waals surface area contributed by atoms with Crippen LogP contribution in [0.4, 0.5) is 0 Å². The van der Waals surface area contributed by atoms with Crippen LogP contribution in [0.5, 0.6) is 0 Å². The molecular formula is C20H28N7O+. The summed E-state index contributed by atoms with van der Waals surface area (Å²) < 4.78 is 0.368. The van der Waals surface area contributed by atoms with Crippen molar-refractivity contribution in [3.05, 3.63) is 48.9 Å². The summed E-state index contributed by atoms with van der Waals surface area (Å²) in [6.45, 7) is 10.8. The Hall–Kier alpha value is -2.71. The van der Waals surface area contributed by atoms with E-state index >= 15 is 0 Å². The molecule has 0 aromatic carbocycles. The highest BCUT2D eigenvalue weighted by molar-refractivity contribution is 6.02. The van der Waals surface area contributed by atoms with Gasteiger partial charge in [-0.3, -0.25) is 4.48 Å². The number of aliphatic imine (C=N–C) groups is 2. The second-order valence-corrected chi connectivity index (χ2v) is 7.50. The molecule has 8 nitrogen and oxygen atoms in total. The van der Waals surface area contributed by atoms with Crippen LogP contribution in [-0.2, 0) is 4.79 Å². The number of azo groups is 1. The van der Waals surface area contributed by atoms with Crippen molar-refractivity contribution < 1.29 is 9.28 Å². The lowest BCUT2D eigenvalue weighted by molar-refractivity contribution is -0.840. The number of likely N-dealkylation sites (N-methyl/N-ethyl adjacent to an activating group) is 1. The number of guanidine groups is 1. The zero-order valence-electron chi connectivity index (χ0n) is 16.5. The average molecular weight is 382 g/mol. The lowest BCUT2D eigenvalue weighted by atomic mass is 9.91. The van der Waals surface area contributed by atoms with Crippen molar-refractivity contribution in [1.82, 2.24) is 5.32 Å². The van der Waals surface area contributed by atoms with E-state index in [1.165, 1.54) is 6.08 Å². The summed E-state index contributed by atoms with van der Waals surface area (Å²) in [5.74, 6) is 0.993. The number of hydrogen-bond acceptors (Lipinski definition) is 7. The maximum atomic E-state index is 12.2. The number of amides is 1. The second kappa shape index (κ2) is 8.12. The molecule has 1 fully saturated rings. The smallest absolute Gasteiger partial charge is 0.325 e. The van der Waals surface area contributed by atoms with Crippen molar-refractivity contribution in [1.29, 1.82) is 0 Å². The predicted octanol–water partition coefficient (Wildman–Crippen LogP) is 2.25. The molecule has 3 N–H and O–H groups in total. The second-order valence-electron chi connectivity index (χ2n) is 7.50. The molecule has 4 unspecified atom stereocenters. The molecule has 0 spiro atoms. The first kappa shape index (κ1) is 20.0. The van der Waals surface area contributed by atoms with E-state index < -0.39 is 6.17 Å². The molecular weight excluding hydrogens is 354 g/mol. The fourth-order valence-corrected chi connectivity index (χ4v) is 3.91. The highest BCUT2D eigenvalue weighted by atomic mass is 16.2. The first-order valence-corrected chi connectivity index (χ1v) is 9.53. The third-order valence-corrected chi connectivity index (χ3v) is 5.46. The van der Waals surface area contributed by atoms with E-state index in [-0.39, 0.29) is 17.7 Å². The van der Waals surface area contributed by atoms with Gasteiger partial charge in [0.2, 0.25) is 5.96 Å². The van der Waals surface area contributed by atoms with Gasteiger partial charge in [-0.25, -0.2) is 9.79 Å². The van der Waals surface area contributed by atoms with Crippen LogP contribution < -0.4 is 11.1 Å². The molecule has 4 atom stereocenters. The number of nitrogens with one attached hydrogen (secondary N) is 1. The molecule has 3 aliphatic heterocycles. The summed E-state index contributed by atoms with van der Waals surface area (Å²) in [6.07, 6.45) is 8.53. The van der Waals surface area contributed by atoms with Gasteiger partial charge in [-0.1, -0.05) is 25.3 Å². The zero-order valence-corrected chi connectivity index (χ0v) is 16.5. The average Bonchev–Trinajstić information content (AvgIpc) is 3.08. The highest BCUT2D eigenvalue weighted by Gasteiger charge is 2.39. The molecule has 0 aromatic heterocycles. The molecule has 0 saturated carbocycles. The zero-order chi connectivity index (χ0) is 20.3. The Kier molecular flexibility index (Phi) is 5.81. The fourth-order valence-electron chi connectivity index (χ4n) is 3.91. The number of carbonyl (C=O) groups excluding carboxylic acids is 1. The van der Waals surface area contributed by atoms with E-state index in [4.69, 9.17) is 5.73 Å². The van der Waals surface area contributed by atoms with Crippen LogP contribution in [0.3, 0.4) is 0 Å². The Bertz CT molecular complexity index is 835. The van der Waals surface area contributed by atoms with Crippen LogP contribution >= 0.6 is 0 Å². The minimum atomic E-state index is -0.515. The lowest BCUT2D eigenvalue weighted by Gasteiger charge is -2.37. The Morgan fingerprint density at radius 2 is 2.11 bits per heavy atom. The summed E-state index contributed by atoms with van der Waals surface area (Å²) in [7, 11) is 1.96. The van der Waals surface area contributed by atoms with Gasteiger partial charge in [0.05, 0.1) is 25.8 Å². The first-order chi connectivity index (χ1) is 13.4. The summed E-state index contributed by atoms with van der Waals surface area (Å²) in [5.41, 5.74) is 7.88. The van der Waals surface area contributed by atoms with E-state index in [1.807, 2.05) is 20.0 Å². The Labute approximate surface area is 165 Å². The number of rotatable bonds is 4. The molecule has 3 heterocycles. The predicted molar refractivity (Wildman–Crippen MR) is 110 cm³/mol. The third kappa shape index (κ3) is 3.93. The normalized spacial score (nSPS) is 33.8. The first-order valence-electron chi connectivity index (χ1n) is 9.53. The number of quaternary nitrogens is 1. The molecule has 0 aliphatic carbocycles. The van der Waals surface area contributed by atoms with Crippen molar-refractivity contribution in [2.24, 2.45) is 37.8 Å². The molecule has 8 heteroatoms. The van der Waals surface area contributed by atoms with Crippen molar-refractivity contribution in [3.63, 3.8) is 0 Å². The number of likely N-dealkylation sites (tertiary alicyclic amines) is 1. The Morgan fingerprint density at radius 3 is 2.79 bits per heavy atom.